The molecule has 0 bridgehead atoms. The summed E-state index contributed by atoms with van der Waals surface area (Å²) in [6.07, 6.45) is 2.17. The number of rotatable bonds is 5. The van der Waals surface area contributed by atoms with Crippen LogP contribution in [-0.4, -0.2) is 20.6 Å². The van der Waals surface area contributed by atoms with E-state index in [2.05, 4.69) is 64.2 Å². The van der Waals surface area contributed by atoms with Crippen molar-refractivity contribution in [2.75, 3.05) is 5.32 Å². The fourth-order valence-corrected chi connectivity index (χ4v) is 3.46. The SMILES string of the molecule is CCC(CC)Nc1cc(C)nc2c(-c3ccc(C)cc3C)c(C)nn12. The van der Waals surface area contributed by atoms with Crippen LogP contribution in [0.25, 0.3) is 16.8 Å². The van der Waals surface area contributed by atoms with Crippen molar-refractivity contribution in [1.29, 1.82) is 0 Å². The molecule has 4 nitrogen and oxygen atoms in total. The molecule has 2 aromatic heterocycles. The van der Waals surface area contributed by atoms with Crippen molar-refractivity contribution in [3.05, 3.63) is 46.8 Å². The van der Waals surface area contributed by atoms with Crippen LogP contribution in [0.3, 0.4) is 0 Å². The Kier molecular flexibility index (Phi) is 4.80. The van der Waals surface area contributed by atoms with Crippen molar-refractivity contribution in [3.63, 3.8) is 0 Å². The molecule has 1 aromatic carbocycles. The summed E-state index contributed by atoms with van der Waals surface area (Å²) in [6.45, 7) is 12.8. The molecule has 0 fully saturated rings. The maximum absolute atomic E-state index is 4.82. The van der Waals surface area contributed by atoms with Crippen molar-refractivity contribution in [2.45, 2.75) is 60.4 Å². The highest BCUT2D eigenvalue weighted by Crippen LogP contribution is 2.32. The molecular weight excluding hydrogens is 308 g/mol. The summed E-state index contributed by atoms with van der Waals surface area (Å²) in [5.74, 6) is 1.02. The Hall–Kier alpha value is -2.36. The van der Waals surface area contributed by atoms with E-state index in [9.17, 15) is 0 Å². The van der Waals surface area contributed by atoms with Gasteiger partial charge in [0.05, 0.1) is 5.69 Å². The van der Waals surface area contributed by atoms with E-state index in [-0.39, 0.29) is 0 Å². The Labute approximate surface area is 150 Å². The minimum atomic E-state index is 0.444. The van der Waals surface area contributed by atoms with Gasteiger partial charge in [-0.1, -0.05) is 37.6 Å². The number of aromatic nitrogens is 3. The van der Waals surface area contributed by atoms with E-state index in [4.69, 9.17) is 10.1 Å². The van der Waals surface area contributed by atoms with E-state index in [1.54, 1.807) is 0 Å². The number of aryl methyl sites for hydroxylation is 4. The molecule has 3 rings (SSSR count). The normalized spacial score (nSPS) is 11.5. The molecule has 0 aliphatic heterocycles. The zero-order valence-corrected chi connectivity index (χ0v) is 16.1. The standard InChI is InChI=1S/C21H28N4/c1-7-17(8-2)23-19-12-15(5)22-21-20(16(6)24-25(19)21)18-10-9-13(3)11-14(18)4/h9-12,17,23H,7-8H2,1-6H3. The van der Waals surface area contributed by atoms with Crippen LogP contribution in [-0.2, 0) is 0 Å². The van der Waals surface area contributed by atoms with Gasteiger partial charge in [0.15, 0.2) is 5.65 Å². The highest BCUT2D eigenvalue weighted by molar-refractivity contribution is 5.83. The van der Waals surface area contributed by atoms with Gasteiger partial charge >= 0.3 is 0 Å². The molecule has 25 heavy (non-hydrogen) atoms. The average molecular weight is 336 g/mol. The predicted molar refractivity (Wildman–Crippen MR) is 105 cm³/mol. The van der Waals surface area contributed by atoms with Crippen LogP contribution >= 0.6 is 0 Å². The van der Waals surface area contributed by atoms with Crippen molar-refractivity contribution in [2.24, 2.45) is 0 Å². The number of hydrogen-bond donors (Lipinski definition) is 1. The highest BCUT2D eigenvalue weighted by Gasteiger charge is 2.18. The second-order valence-corrected chi connectivity index (χ2v) is 6.95. The third kappa shape index (κ3) is 3.26. The largest absolute Gasteiger partial charge is 0.367 e. The molecule has 0 atom stereocenters. The van der Waals surface area contributed by atoms with Gasteiger partial charge in [-0.25, -0.2) is 4.98 Å². The topological polar surface area (TPSA) is 42.2 Å². The zero-order chi connectivity index (χ0) is 18.1. The number of nitrogens with zero attached hydrogens (tertiary/aromatic N) is 3. The van der Waals surface area contributed by atoms with Crippen LogP contribution in [0.4, 0.5) is 5.82 Å². The van der Waals surface area contributed by atoms with Gasteiger partial charge in [0, 0.05) is 23.4 Å². The van der Waals surface area contributed by atoms with Crippen molar-refractivity contribution in [3.8, 4) is 11.1 Å². The Balaban J connectivity index is 2.21. The van der Waals surface area contributed by atoms with Gasteiger partial charge in [-0.15, -0.1) is 0 Å². The lowest BCUT2D eigenvalue weighted by molar-refractivity contribution is 0.663. The lowest BCUT2D eigenvalue weighted by Crippen LogP contribution is -2.19. The van der Waals surface area contributed by atoms with Crippen LogP contribution in [0, 0.1) is 27.7 Å². The Bertz CT molecular complexity index is 904. The summed E-state index contributed by atoms with van der Waals surface area (Å²) in [5.41, 5.74) is 7.83. The zero-order valence-electron chi connectivity index (χ0n) is 16.1. The van der Waals surface area contributed by atoms with Crippen LogP contribution in [0.15, 0.2) is 24.3 Å². The average Bonchev–Trinajstić information content (AvgIpc) is 2.89. The van der Waals surface area contributed by atoms with Gasteiger partial charge in [-0.05, 0) is 51.7 Å². The molecular formula is C21H28N4. The minimum absolute atomic E-state index is 0.444. The fourth-order valence-electron chi connectivity index (χ4n) is 3.46. The number of fused-ring (bicyclic) bond motifs is 1. The van der Waals surface area contributed by atoms with E-state index in [0.717, 1.165) is 41.3 Å². The first-order valence-corrected chi connectivity index (χ1v) is 9.15. The molecule has 4 heteroatoms. The lowest BCUT2D eigenvalue weighted by atomic mass is 9.99. The summed E-state index contributed by atoms with van der Waals surface area (Å²) < 4.78 is 1.97. The Morgan fingerprint density at radius 2 is 1.76 bits per heavy atom. The van der Waals surface area contributed by atoms with Crippen LogP contribution in [0.2, 0.25) is 0 Å². The van der Waals surface area contributed by atoms with Gasteiger partial charge in [-0.3, -0.25) is 0 Å². The summed E-state index contributed by atoms with van der Waals surface area (Å²) >= 11 is 0. The number of nitrogens with one attached hydrogen (secondary N) is 1. The summed E-state index contributed by atoms with van der Waals surface area (Å²) in [7, 11) is 0. The molecule has 2 heterocycles. The summed E-state index contributed by atoms with van der Waals surface area (Å²) in [4.78, 5) is 4.82. The maximum Gasteiger partial charge on any atom is 0.165 e. The second kappa shape index (κ2) is 6.87. The van der Waals surface area contributed by atoms with E-state index in [1.807, 2.05) is 11.4 Å². The summed E-state index contributed by atoms with van der Waals surface area (Å²) in [6, 6.07) is 9.09. The third-order valence-electron chi connectivity index (χ3n) is 4.88. The predicted octanol–water partition coefficient (Wildman–Crippen LogP) is 5.23. The molecule has 0 amide bonds. The molecule has 132 valence electrons. The van der Waals surface area contributed by atoms with Crippen molar-refractivity contribution in [1.82, 2.24) is 14.6 Å². The molecule has 1 N–H and O–H groups in total. The van der Waals surface area contributed by atoms with Crippen molar-refractivity contribution < 1.29 is 0 Å². The van der Waals surface area contributed by atoms with Gasteiger partial charge in [0.1, 0.15) is 5.82 Å². The van der Waals surface area contributed by atoms with E-state index >= 15 is 0 Å². The molecule has 0 radical (unpaired) electrons. The first kappa shape index (κ1) is 17.5. The van der Waals surface area contributed by atoms with Crippen LogP contribution in [0.1, 0.15) is 49.2 Å². The smallest absolute Gasteiger partial charge is 0.165 e. The maximum atomic E-state index is 4.82. The molecule has 0 saturated carbocycles. The minimum Gasteiger partial charge on any atom is -0.367 e. The van der Waals surface area contributed by atoms with Gasteiger partial charge in [0.25, 0.3) is 0 Å². The first-order chi connectivity index (χ1) is 11.9. The number of benzene rings is 1. The molecule has 0 aliphatic carbocycles. The highest BCUT2D eigenvalue weighted by atomic mass is 15.3. The number of hydrogen-bond acceptors (Lipinski definition) is 3. The Morgan fingerprint density at radius 3 is 2.40 bits per heavy atom. The third-order valence-corrected chi connectivity index (χ3v) is 4.88. The first-order valence-electron chi connectivity index (χ1n) is 9.15. The molecule has 0 saturated heterocycles. The molecule has 3 aromatic rings. The monoisotopic (exact) mass is 336 g/mol. The fraction of sp³-hybridized carbons (Fsp3) is 0.429. The molecule has 0 aliphatic rings. The van der Waals surface area contributed by atoms with Gasteiger partial charge in [-0.2, -0.15) is 9.61 Å². The van der Waals surface area contributed by atoms with Crippen LogP contribution in [0.5, 0.6) is 0 Å². The van der Waals surface area contributed by atoms with E-state index in [0.29, 0.717) is 6.04 Å². The lowest BCUT2D eigenvalue weighted by Gasteiger charge is -2.17. The van der Waals surface area contributed by atoms with E-state index < -0.39 is 0 Å². The quantitative estimate of drug-likeness (QED) is 0.693. The second-order valence-electron chi connectivity index (χ2n) is 6.95. The van der Waals surface area contributed by atoms with Gasteiger partial charge in [0.2, 0.25) is 0 Å². The van der Waals surface area contributed by atoms with Crippen molar-refractivity contribution >= 4 is 11.5 Å². The van der Waals surface area contributed by atoms with E-state index in [1.165, 1.54) is 16.7 Å². The van der Waals surface area contributed by atoms with Gasteiger partial charge < -0.3 is 5.32 Å². The molecule has 0 unspecified atom stereocenters. The molecule has 0 spiro atoms. The summed E-state index contributed by atoms with van der Waals surface area (Å²) in [5, 5.41) is 8.45. The Morgan fingerprint density at radius 1 is 1.04 bits per heavy atom. The van der Waals surface area contributed by atoms with Crippen LogP contribution < -0.4 is 5.32 Å². The number of anilines is 1.